The van der Waals surface area contributed by atoms with E-state index in [1.165, 1.54) is 0 Å². The summed E-state index contributed by atoms with van der Waals surface area (Å²) in [4.78, 5) is 7.44. The molecule has 1 aliphatic rings. The number of aromatic nitrogens is 2. The number of hydrogen-bond acceptors (Lipinski definition) is 5. The molecule has 2 aromatic carbocycles. The Morgan fingerprint density at radius 1 is 1.22 bits per heavy atom. The first-order valence-corrected chi connectivity index (χ1v) is 9.01. The number of halogens is 1. The number of H-pyrrole nitrogens is 1. The van der Waals surface area contributed by atoms with E-state index in [0.29, 0.717) is 18.1 Å². The monoisotopic (exact) mass is 385 g/mol. The fourth-order valence-corrected chi connectivity index (χ4v) is 3.24. The third kappa shape index (κ3) is 3.93. The first kappa shape index (κ1) is 17.9. The van der Waals surface area contributed by atoms with E-state index in [1.807, 2.05) is 48.5 Å². The zero-order valence-corrected chi connectivity index (χ0v) is 15.6. The summed E-state index contributed by atoms with van der Waals surface area (Å²) in [5.41, 5.74) is 1.82. The Balaban J connectivity index is 1.55. The third-order valence-corrected chi connectivity index (χ3v) is 4.71. The van der Waals surface area contributed by atoms with Gasteiger partial charge in [0.2, 0.25) is 5.79 Å². The van der Waals surface area contributed by atoms with Gasteiger partial charge in [-0.3, -0.25) is 0 Å². The molecule has 0 bridgehead atoms. The quantitative estimate of drug-likeness (QED) is 0.672. The highest BCUT2D eigenvalue weighted by atomic mass is 35.5. The lowest BCUT2D eigenvalue weighted by molar-refractivity contribution is -0.174. The molecule has 1 aliphatic heterocycles. The zero-order chi connectivity index (χ0) is 18.7. The summed E-state index contributed by atoms with van der Waals surface area (Å²) in [6.07, 6.45) is 3.66. The van der Waals surface area contributed by atoms with E-state index in [0.717, 1.165) is 22.8 Å². The smallest absolute Gasteiger partial charge is 0.204 e. The summed E-state index contributed by atoms with van der Waals surface area (Å²) < 4.78 is 17.7. The molecule has 2 N–H and O–H groups in total. The van der Waals surface area contributed by atoms with Gasteiger partial charge in [-0.05, 0) is 36.4 Å². The fraction of sp³-hybridized carbons (Fsp3) is 0.250. The van der Waals surface area contributed by atoms with Gasteiger partial charge >= 0.3 is 0 Å². The molecular weight excluding hydrogens is 366 g/mol. The Morgan fingerprint density at radius 3 is 2.67 bits per heavy atom. The SMILES string of the molecule is COc1ccc(NC2COC(Cc3ncc[nH]3)(c3ccc(Cl)cc3)O2)cc1. The van der Waals surface area contributed by atoms with E-state index < -0.39 is 5.79 Å². The molecular formula is C20H20ClN3O3. The van der Waals surface area contributed by atoms with E-state index in [9.17, 15) is 0 Å². The van der Waals surface area contributed by atoms with Gasteiger partial charge in [-0.1, -0.05) is 23.7 Å². The van der Waals surface area contributed by atoms with Crippen LogP contribution in [0.1, 0.15) is 11.4 Å². The van der Waals surface area contributed by atoms with Crippen LogP contribution in [0.2, 0.25) is 5.02 Å². The van der Waals surface area contributed by atoms with Gasteiger partial charge < -0.3 is 24.5 Å². The van der Waals surface area contributed by atoms with E-state index in [1.54, 1.807) is 19.5 Å². The van der Waals surface area contributed by atoms with E-state index in [2.05, 4.69) is 15.3 Å². The zero-order valence-electron chi connectivity index (χ0n) is 14.8. The van der Waals surface area contributed by atoms with Gasteiger partial charge in [-0.25, -0.2) is 4.98 Å². The first-order valence-electron chi connectivity index (χ1n) is 8.63. The second-order valence-corrected chi connectivity index (χ2v) is 6.70. The lowest BCUT2D eigenvalue weighted by atomic mass is 10.0. The molecule has 4 rings (SSSR count). The van der Waals surface area contributed by atoms with Crippen LogP contribution in [-0.4, -0.2) is 29.9 Å². The van der Waals surface area contributed by atoms with E-state index in [-0.39, 0.29) is 6.23 Å². The number of methoxy groups -OCH3 is 1. The summed E-state index contributed by atoms with van der Waals surface area (Å²) in [7, 11) is 1.64. The molecule has 0 saturated carbocycles. The molecule has 7 heteroatoms. The van der Waals surface area contributed by atoms with Crippen molar-refractivity contribution in [3.05, 3.63) is 77.3 Å². The van der Waals surface area contributed by atoms with Crippen LogP contribution in [0.15, 0.2) is 60.9 Å². The number of rotatable bonds is 6. The largest absolute Gasteiger partial charge is 0.497 e. The van der Waals surface area contributed by atoms with Crippen LogP contribution in [0, 0.1) is 0 Å². The average molecular weight is 386 g/mol. The van der Waals surface area contributed by atoms with Gasteiger partial charge in [0.05, 0.1) is 20.1 Å². The minimum absolute atomic E-state index is 0.302. The van der Waals surface area contributed by atoms with Gasteiger partial charge in [0.1, 0.15) is 11.6 Å². The Hall–Kier alpha value is -2.54. The van der Waals surface area contributed by atoms with Crippen molar-refractivity contribution in [1.29, 1.82) is 0 Å². The summed E-state index contributed by atoms with van der Waals surface area (Å²) in [5, 5.41) is 4.01. The molecule has 2 unspecified atom stereocenters. The molecule has 2 heterocycles. The first-order chi connectivity index (χ1) is 13.2. The van der Waals surface area contributed by atoms with Crippen molar-refractivity contribution in [2.24, 2.45) is 0 Å². The van der Waals surface area contributed by atoms with E-state index in [4.69, 9.17) is 25.8 Å². The molecule has 27 heavy (non-hydrogen) atoms. The van der Waals surface area contributed by atoms with Gasteiger partial charge in [-0.15, -0.1) is 0 Å². The Labute approximate surface area is 162 Å². The second kappa shape index (κ2) is 7.60. The molecule has 0 aliphatic carbocycles. The number of benzene rings is 2. The van der Waals surface area contributed by atoms with Crippen molar-refractivity contribution in [1.82, 2.24) is 9.97 Å². The average Bonchev–Trinajstić information content (AvgIpc) is 3.34. The maximum Gasteiger partial charge on any atom is 0.204 e. The van der Waals surface area contributed by atoms with Crippen molar-refractivity contribution in [2.45, 2.75) is 18.4 Å². The molecule has 2 atom stereocenters. The molecule has 3 aromatic rings. The van der Waals surface area contributed by atoms with Gasteiger partial charge in [-0.2, -0.15) is 0 Å². The number of imidazole rings is 1. The number of ether oxygens (including phenoxy) is 3. The number of anilines is 1. The minimum Gasteiger partial charge on any atom is -0.497 e. The van der Waals surface area contributed by atoms with Crippen LogP contribution in [0.4, 0.5) is 5.69 Å². The lowest BCUT2D eigenvalue weighted by Crippen LogP contribution is -2.33. The third-order valence-electron chi connectivity index (χ3n) is 4.46. The summed E-state index contributed by atoms with van der Waals surface area (Å²) in [5.74, 6) is 0.652. The van der Waals surface area contributed by atoms with E-state index >= 15 is 0 Å². The lowest BCUT2D eigenvalue weighted by Gasteiger charge is -2.28. The summed E-state index contributed by atoms with van der Waals surface area (Å²) in [6.45, 7) is 0.398. The van der Waals surface area contributed by atoms with Crippen LogP contribution in [0.25, 0.3) is 0 Å². The normalized spacial score (nSPS) is 21.9. The second-order valence-electron chi connectivity index (χ2n) is 6.26. The molecule has 1 saturated heterocycles. The molecule has 140 valence electrons. The number of nitrogens with one attached hydrogen (secondary N) is 2. The van der Waals surface area contributed by atoms with Gasteiger partial charge in [0.15, 0.2) is 6.23 Å². The predicted octanol–water partition coefficient (Wildman–Crippen LogP) is 3.95. The fourth-order valence-electron chi connectivity index (χ4n) is 3.12. The molecule has 0 spiro atoms. The highest BCUT2D eigenvalue weighted by Crippen LogP contribution is 2.37. The Kier molecular flexibility index (Phi) is 5.03. The number of hydrogen-bond donors (Lipinski definition) is 2. The Bertz CT molecular complexity index is 869. The van der Waals surface area contributed by atoms with Gasteiger partial charge in [0.25, 0.3) is 0 Å². The molecule has 0 radical (unpaired) electrons. The van der Waals surface area contributed by atoms with Crippen molar-refractivity contribution in [3.8, 4) is 5.75 Å². The number of aromatic amines is 1. The summed E-state index contributed by atoms with van der Waals surface area (Å²) in [6, 6.07) is 15.2. The van der Waals surface area contributed by atoms with Crippen molar-refractivity contribution in [2.75, 3.05) is 19.0 Å². The van der Waals surface area contributed by atoms with Gasteiger partial charge in [0, 0.05) is 28.7 Å². The van der Waals surface area contributed by atoms with Crippen molar-refractivity contribution < 1.29 is 14.2 Å². The molecule has 6 nitrogen and oxygen atoms in total. The molecule has 1 aromatic heterocycles. The predicted molar refractivity (Wildman–Crippen MR) is 103 cm³/mol. The highest BCUT2D eigenvalue weighted by molar-refractivity contribution is 6.30. The Morgan fingerprint density at radius 2 is 2.00 bits per heavy atom. The molecule has 0 amide bonds. The maximum atomic E-state index is 6.34. The minimum atomic E-state index is -0.938. The summed E-state index contributed by atoms with van der Waals surface area (Å²) >= 11 is 6.04. The standard InChI is InChI=1S/C20H20ClN3O3/c1-25-17-8-6-16(7-9-17)24-19-13-26-20(27-19,12-18-22-10-11-23-18)14-2-4-15(21)5-3-14/h2-11,19,24H,12-13H2,1H3,(H,22,23). The van der Waals surface area contributed by atoms with Crippen LogP contribution in [0.3, 0.4) is 0 Å². The number of nitrogens with zero attached hydrogens (tertiary/aromatic N) is 1. The van der Waals surface area contributed by atoms with Crippen LogP contribution in [-0.2, 0) is 21.7 Å². The van der Waals surface area contributed by atoms with Crippen molar-refractivity contribution >= 4 is 17.3 Å². The maximum absolute atomic E-state index is 6.34. The highest BCUT2D eigenvalue weighted by Gasteiger charge is 2.44. The van der Waals surface area contributed by atoms with Crippen LogP contribution < -0.4 is 10.1 Å². The topological polar surface area (TPSA) is 68.4 Å². The van der Waals surface area contributed by atoms with Crippen LogP contribution in [0.5, 0.6) is 5.75 Å². The van der Waals surface area contributed by atoms with Crippen molar-refractivity contribution in [3.63, 3.8) is 0 Å². The van der Waals surface area contributed by atoms with Crippen LogP contribution >= 0.6 is 11.6 Å². The molecule has 1 fully saturated rings.